The largest absolute Gasteiger partial charge is 0.507 e. The fraction of sp³-hybridized carbons (Fsp3) is 0.500. The van der Waals surface area contributed by atoms with Gasteiger partial charge >= 0.3 is 6.18 Å². The molecule has 106 valence electrons. The molecule has 0 saturated carbocycles. The van der Waals surface area contributed by atoms with Gasteiger partial charge in [-0.3, -0.25) is 4.90 Å². The third-order valence-corrected chi connectivity index (χ3v) is 3.28. The molecule has 1 aliphatic heterocycles. The smallest absolute Gasteiger partial charge is 0.420 e. The van der Waals surface area contributed by atoms with E-state index in [0.717, 1.165) is 32.2 Å². The number of halogens is 4. The van der Waals surface area contributed by atoms with E-state index in [-0.39, 0.29) is 17.1 Å². The van der Waals surface area contributed by atoms with Gasteiger partial charge in [-0.1, -0.05) is 11.6 Å². The molecule has 7 heteroatoms. The van der Waals surface area contributed by atoms with Gasteiger partial charge in [-0.2, -0.15) is 13.2 Å². The third-order valence-electron chi connectivity index (χ3n) is 3.06. The molecular weight excluding hydrogens is 281 g/mol. The molecule has 2 N–H and O–H groups in total. The molecule has 3 nitrogen and oxygen atoms in total. The zero-order valence-electron chi connectivity index (χ0n) is 10.1. The van der Waals surface area contributed by atoms with Crippen molar-refractivity contribution in [3.05, 3.63) is 28.3 Å². The maximum atomic E-state index is 12.7. The van der Waals surface area contributed by atoms with Crippen LogP contribution in [0.5, 0.6) is 5.75 Å². The highest BCUT2D eigenvalue weighted by Gasteiger charge is 2.35. The van der Waals surface area contributed by atoms with E-state index in [0.29, 0.717) is 0 Å². The molecule has 1 aromatic carbocycles. The van der Waals surface area contributed by atoms with Gasteiger partial charge in [0, 0.05) is 43.3 Å². The van der Waals surface area contributed by atoms with Crippen molar-refractivity contribution >= 4 is 11.6 Å². The zero-order valence-corrected chi connectivity index (χ0v) is 10.9. The second-order valence-corrected chi connectivity index (χ2v) is 4.92. The van der Waals surface area contributed by atoms with Crippen LogP contribution in [0.25, 0.3) is 0 Å². The number of phenolic OH excluding ortho intramolecular Hbond substituents is 1. The first-order valence-corrected chi connectivity index (χ1v) is 6.27. The summed E-state index contributed by atoms with van der Waals surface area (Å²) < 4.78 is 38.2. The van der Waals surface area contributed by atoms with Crippen molar-refractivity contribution in [1.29, 1.82) is 0 Å². The van der Waals surface area contributed by atoms with Crippen molar-refractivity contribution in [1.82, 2.24) is 10.2 Å². The topological polar surface area (TPSA) is 35.5 Å². The van der Waals surface area contributed by atoms with Crippen LogP contribution in [0.3, 0.4) is 0 Å². The Morgan fingerprint density at radius 2 is 1.89 bits per heavy atom. The van der Waals surface area contributed by atoms with Crippen molar-refractivity contribution in [3.63, 3.8) is 0 Å². The lowest BCUT2D eigenvalue weighted by atomic mass is 10.1. The number of nitrogens with zero attached hydrogens (tertiary/aromatic N) is 1. The van der Waals surface area contributed by atoms with Gasteiger partial charge in [0.2, 0.25) is 0 Å². The van der Waals surface area contributed by atoms with Crippen LogP contribution in [0.2, 0.25) is 5.02 Å². The number of phenols is 1. The fourth-order valence-electron chi connectivity index (χ4n) is 2.10. The van der Waals surface area contributed by atoms with Gasteiger partial charge in [0.15, 0.2) is 0 Å². The van der Waals surface area contributed by atoms with Crippen LogP contribution in [0.15, 0.2) is 12.1 Å². The number of hydrogen-bond donors (Lipinski definition) is 2. The number of rotatable bonds is 2. The molecule has 0 unspecified atom stereocenters. The van der Waals surface area contributed by atoms with E-state index in [2.05, 4.69) is 5.32 Å². The van der Waals surface area contributed by atoms with Gasteiger partial charge in [0.05, 0.1) is 5.56 Å². The first-order chi connectivity index (χ1) is 8.88. The van der Waals surface area contributed by atoms with E-state index in [1.54, 1.807) is 0 Å². The highest BCUT2D eigenvalue weighted by atomic mass is 35.5. The van der Waals surface area contributed by atoms with Crippen LogP contribution >= 0.6 is 11.6 Å². The Balaban J connectivity index is 2.27. The lowest BCUT2D eigenvalue weighted by Gasteiger charge is -2.27. The summed E-state index contributed by atoms with van der Waals surface area (Å²) in [6, 6.07) is 2.13. The molecule has 0 bridgehead atoms. The van der Waals surface area contributed by atoms with Crippen LogP contribution in [0.1, 0.15) is 11.1 Å². The molecule has 19 heavy (non-hydrogen) atoms. The van der Waals surface area contributed by atoms with Gasteiger partial charge in [0.25, 0.3) is 0 Å². The molecule has 0 radical (unpaired) electrons. The Bertz CT molecular complexity index is 459. The van der Waals surface area contributed by atoms with Gasteiger partial charge in [-0.05, 0) is 12.1 Å². The summed E-state index contributed by atoms with van der Waals surface area (Å²) in [5.41, 5.74) is -0.869. The lowest BCUT2D eigenvalue weighted by molar-refractivity contribution is -0.138. The van der Waals surface area contributed by atoms with Gasteiger partial charge < -0.3 is 10.4 Å². The van der Waals surface area contributed by atoms with Crippen LogP contribution in [-0.4, -0.2) is 36.2 Å². The Morgan fingerprint density at radius 3 is 2.47 bits per heavy atom. The molecule has 1 aliphatic rings. The quantitative estimate of drug-likeness (QED) is 0.879. The van der Waals surface area contributed by atoms with Crippen LogP contribution in [0, 0.1) is 0 Å². The summed E-state index contributed by atoms with van der Waals surface area (Å²) in [6.07, 6.45) is -4.60. The molecule has 0 aromatic heterocycles. The normalized spacial score (nSPS) is 17.7. The van der Waals surface area contributed by atoms with Crippen molar-refractivity contribution in [3.8, 4) is 5.75 Å². The first kappa shape index (κ1) is 14.4. The molecule has 0 aliphatic carbocycles. The molecule has 0 amide bonds. The number of aromatic hydroxyl groups is 1. The van der Waals surface area contributed by atoms with Gasteiger partial charge in [-0.25, -0.2) is 0 Å². The second kappa shape index (κ2) is 5.56. The number of benzene rings is 1. The van der Waals surface area contributed by atoms with Crippen molar-refractivity contribution in [2.45, 2.75) is 12.7 Å². The summed E-state index contributed by atoms with van der Waals surface area (Å²) >= 11 is 5.70. The summed E-state index contributed by atoms with van der Waals surface area (Å²) in [6.45, 7) is 3.29. The average molecular weight is 295 g/mol. The third kappa shape index (κ3) is 3.52. The van der Waals surface area contributed by atoms with Crippen LogP contribution in [0.4, 0.5) is 13.2 Å². The van der Waals surface area contributed by atoms with Crippen molar-refractivity contribution < 1.29 is 18.3 Å². The number of alkyl halides is 3. The summed E-state index contributed by atoms with van der Waals surface area (Å²) in [5, 5.41) is 12.9. The molecule has 1 saturated heterocycles. The predicted octanol–water partition coefficient (Wildman–Crippen LogP) is 2.47. The second-order valence-electron chi connectivity index (χ2n) is 4.48. The summed E-state index contributed by atoms with van der Waals surface area (Å²) in [5.74, 6) is -0.726. The summed E-state index contributed by atoms with van der Waals surface area (Å²) in [7, 11) is 0. The Morgan fingerprint density at radius 1 is 1.26 bits per heavy atom. The van der Waals surface area contributed by atoms with Gasteiger partial charge in [-0.15, -0.1) is 0 Å². The SMILES string of the molecule is Oc1c(CN2CCNCC2)cc(Cl)cc1C(F)(F)F. The Kier molecular flexibility index (Phi) is 4.23. The van der Waals surface area contributed by atoms with Crippen LogP contribution < -0.4 is 5.32 Å². The van der Waals surface area contributed by atoms with E-state index < -0.39 is 17.5 Å². The fourth-order valence-corrected chi connectivity index (χ4v) is 2.34. The molecular formula is C12H14ClF3N2O. The number of hydrogen-bond acceptors (Lipinski definition) is 3. The van der Waals surface area contributed by atoms with E-state index >= 15 is 0 Å². The molecule has 1 heterocycles. The summed E-state index contributed by atoms with van der Waals surface area (Å²) in [4.78, 5) is 1.97. The molecule has 1 fully saturated rings. The van der Waals surface area contributed by atoms with Crippen molar-refractivity contribution in [2.75, 3.05) is 26.2 Å². The highest BCUT2D eigenvalue weighted by molar-refractivity contribution is 6.30. The maximum absolute atomic E-state index is 12.7. The minimum atomic E-state index is -4.60. The average Bonchev–Trinajstić information content (AvgIpc) is 2.33. The maximum Gasteiger partial charge on any atom is 0.420 e. The first-order valence-electron chi connectivity index (χ1n) is 5.89. The van der Waals surface area contributed by atoms with E-state index in [1.807, 2.05) is 4.90 Å². The molecule has 2 rings (SSSR count). The standard InChI is InChI=1S/C12H14ClF3N2O/c13-9-5-8(7-18-3-1-17-2-4-18)11(19)10(6-9)12(14,15)16/h5-6,17,19H,1-4,7H2. The molecule has 0 spiro atoms. The Labute approximate surface area is 114 Å². The Hall–Kier alpha value is -0.980. The van der Waals surface area contributed by atoms with Gasteiger partial charge in [0.1, 0.15) is 5.75 Å². The number of nitrogens with one attached hydrogen (secondary N) is 1. The molecule has 0 atom stereocenters. The van der Waals surface area contributed by atoms with E-state index in [4.69, 9.17) is 11.6 Å². The highest BCUT2D eigenvalue weighted by Crippen LogP contribution is 2.39. The van der Waals surface area contributed by atoms with E-state index in [1.165, 1.54) is 6.07 Å². The van der Waals surface area contributed by atoms with E-state index in [9.17, 15) is 18.3 Å². The molecule has 1 aromatic rings. The predicted molar refractivity (Wildman–Crippen MR) is 66.3 cm³/mol. The van der Waals surface area contributed by atoms with Crippen LogP contribution in [-0.2, 0) is 12.7 Å². The van der Waals surface area contributed by atoms with Crippen molar-refractivity contribution in [2.24, 2.45) is 0 Å². The monoisotopic (exact) mass is 294 g/mol. The zero-order chi connectivity index (χ0) is 14.0. The minimum Gasteiger partial charge on any atom is -0.507 e. The minimum absolute atomic E-state index is 0.0183. The lowest BCUT2D eigenvalue weighted by Crippen LogP contribution is -2.42. The number of piperazine rings is 1.